The average Bonchev–Trinajstić information content (AvgIpc) is 2.43. The monoisotopic (exact) mass is 373 g/mol. The third-order valence-corrected chi connectivity index (χ3v) is 4.34. The first-order chi connectivity index (χ1) is 9.95. The van der Waals surface area contributed by atoms with Crippen LogP contribution >= 0.6 is 27.7 Å². The van der Waals surface area contributed by atoms with Crippen molar-refractivity contribution < 1.29 is 9.59 Å². The van der Waals surface area contributed by atoms with Crippen LogP contribution in [0.15, 0.2) is 28.7 Å². The van der Waals surface area contributed by atoms with Crippen LogP contribution in [0.25, 0.3) is 0 Å². The number of carbonyl (C=O) groups is 2. The van der Waals surface area contributed by atoms with Gasteiger partial charge in [-0.2, -0.15) is 11.8 Å². The Morgan fingerprint density at radius 1 is 1.33 bits per heavy atom. The summed E-state index contributed by atoms with van der Waals surface area (Å²) in [5.74, 6) is 0.535. The second-order valence-electron chi connectivity index (χ2n) is 4.59. The lowest BCUT2D eigenvalue weighted by molar-refractivity contribution is -0.123. The van der Waals surface area contributed by atoms with E-state index in [0.717, 1.165) is 15.8 Å². The van der Waals surface area contributed by atoms with Crippen LogP contribution in [0.5, 0.6) is 0 Å². The molecule has 3 amide bonds. The van der Waals surface area contributed by atoms with Gasteiger partial charge >= 0.3 is 6.03 Å². The summed E-state index contributed by atoms with van der Waals surface area (Å²) in [6.45, 7) is 1.90. The molecule has 0 bridgehead atoms. The van der Waals surface area contributed by atoms with Crippen molar-refractivity contribution in [2.24, 2.45) is 5.73 Å². The molecule has 116 valence electrons. The summed E-state index contributed by atoms with van der Waals surface area (Å²) < 4.78 is 0.932. The van der Waals surface area contributed by atoms with Crippen molar-refractivity contribution in [3.05, 3.63) is 34.3 Å². The molecule has 7 heteroatoms. The Kier molecular flexibility index (Phi) is 7.60. The van der Waals surface area contributed by atoms with Gasteiger partial charge in [0.15, 0.2) is 0 Å². The Balaban J connectivity index is 2.71. The second kappa shape index (κ2) is 8.94. The van der Waals surface area contributed by atoms with Crippen molar-refractivity contribution in [2.75, 3.05) is 12.0 Å². The van der Waals surface area contributed by atoms with E-state index in [2.05, 4.69) is 26.6 Å². The Hall–Kier alpha value is -1.21. The van der Waals surface area contributed by atoms with E-state index in [4.69, 9.17) is 5.73 Å². The summed E-state index contributed by atoms with van der Waals surface area (Å²) in [7, 11) is 0. The molecular formula is C14H20BrN3O2S. The zero-order valence-corrected chi connectivity index (χ0v) is 14.5. The molecule has 0 aromatic heterocycles. The summed E-state index contributed by atoms with van der Waals surface area (Å²) in [4.78, 5) is 23.3. The smallest absolute Gasteiger partial charge is 0.312 e. The van der Waals surface area contributed by atoms with E-state index in [1.165, 1.54) is 0 Å². The number of hydrogen-bond acceptors (Lipinski definition) is 3. The van der Waals surface area contributed by atoms with Crippen molar-refractivity contribution >= 4 is 39.6 Å². The van der Waals surface area contributed by atoms with Gasteiger partial charge in [0.1, 0.15) is 6.04 Å². The highest BCUT2D eigenvalue weighted by Gasteiger charge is 2.21. The molecule has 0 aliphatic carbocycles. The maximum Gasteiger partial charge on any atom is 0.312 e. The molecule has 4 N–H and O–H groups in total. The van der Waals surface area contributed by atoms with Gasteiger partial charge in [-0.05, 0) is 37.0 Å². The van der Waals surface area contributed by atoms with Crippen molar-refractivity contribution in [1.29, 1.82) is 0 Å². The summed E-state index contributed by atoms with van der Waals surface area (Å²) in [5.41, 5.74) is 6.10. The van der Waals surface area contributed by atoms with Crippen molar-refractivity contribution in [3.63, 3.8) is 0 Å². The van der Waals surface area contributed by atoms with Gasteiger partial charge in [-0.1, -0.05) is 34.1 Å². The number of urea groups is 1. The number of amides is 3. The van der Waals surface area contributed by atoms with E-state index in [-0.39, 0.29) is 11.9 Å². The Bertz CT molecular complexity index is 499. The van der Waals surface area contributed by atoms with Crippen LogP contribution in [0, 0.1) is 0 Å². The molecule has 2 atom stereocenters. The molecule has 0 spiro atoms. The quantitative estimate of drug-likeness (QED) is 0.685. The lowest BCUT2D eigenvalue weighted by atomic mass is 10.1. The topological polar surface area (TPSA) is 84.2 Å². The van der Waals surface area contributed by atoms with Crippen LogP contribution in [-0.4, -0.2) is 30.0 Å². The molecule has 5 nitrogen and oxygen atoms in total. The van der Waals surface area contributed by atoms with Gasteiger partial charge in [0.25, 0.3) is 0 Å². The minimum Gasteiger partial charge on any atom is -0.352 e. The fourth-order valence-electron chi connectivity index (χ4n) is 1.89. The number of hydrogen-bond donors (Lipinski definition) is 3. The molecule has 0 fully saturated rings. The molecule has 1 rings (SSSR count). The normalized spacial score (nSPS) is 13.3. The largest absolute Gasteiger partial charge is 0.352 e. The first-order valence-corrected chi connectivity index (χ1v) is 8.74. The third kappa shape index (κ3) is 5.97. The van der Waals surface area contributed by atoms with Crippen molar-refractivity contribution in [2.45, 2.75) is 25.4 Å². The predicted octanol–water partition coefficient (Wildman–Crippen LogP) is 2.42. The molecule has 0 radical (unpaired) electrons. The van der Waals surface area contributed by atoms with Gasteiger partial charge in [0, 0.05) is 4.47 Å². The number of rotatable bonds is 7. The predicted molar refractivity (Wildman–Crippen MR) is 90.2 cm³/mol. The number of primary amides is 1. The minimum absolute atomic E-state index is 0.167. The van der Waals surface area contributed by atoms with Crippen LogP contribution < -0.4 is 16.4 Å². The van der Waals surface area contributed by atoms with E-state index < -0.39 is 12.1 Å². The highest BCUT2D eigenvalue weighted by atomic mass is 79.9. The van der Waals surface area contributed by atoms with E-state index in [1.54, 1.807) is 11.8 Å². The molecule has 21 heavy (non-hydrogen) atoms. The van der Waals surface area contributed by atoms with Gasteiger partial charge in [-0.3, -0.25) is 4.79 Å². The van der Waals surface area contributed by atoms with Crippen LogP contribution in [-0.2, 0) is 4.79 Å². The standard InChI is InChI=1S/C14H20BrN3O2S/c1-9(10-5-3-4-6-11(10)15)17-13(19)12(7-8-21-2)18-14(16)20/h3-6,9,12H,7-8H2,1-2H3,(H,17,19)(H3,16,18,20). The Morgan fingerprint density at radius 3 is 2.57 bits per heavy atom. The molecule has 1 aromatic carbocycles. The number of thioether (sulfide) groups is 1. The minimum atomic E-state index is -0.690. The highest BCUT2D eigenvalue weighted by Crippen LogP contribution is 2.22. The van der Waals surface area contributed by atoms with Gasteiger partial charge in [-0.25, -0.2) is 4.79 Å². The lowest BCUT2D eigenvalue weighted by Crippen LogP contribution is -2.49. The summed E-state index contributed by atoms with van der Waals surface area (Å²) in [5, 5.41) is 5.39. The van der Waals surface area contributed by atoms with Crippen LogP contribution in [0.2, 0.25) is 0 Å². The summed E-state index contributed by atoms with van der Waals surface area (Å²) in [6.07, 6.45) is 2.49. The van der Waals surface area contributed by atoms with Gasteiger partial charge in [0.05, 0.1) is 6.04 Å². The molecule has 2 unspecified atom stereocenters. The molecule has 0 aliphatic heterocycles. The molecule has 0 heterocycles. The number of nitrogens with one attached hydrogen (secondary N) is 2. The van der Waals surface area contributed by atoms with Gasteiger partial charge in [0.2, 0.25) is 5.91 Å². The highest BCUT2D eigenvalue weighted by molar-refractivity contribution is 9.10. The van der Waals surface area contributed by atoms with Crippen LogP contribution in [0.4, 0.5) is 4.79 Å². The molecule has 0 saturated heterocycles. The van der Waals surface area contributed by atoms with Gasteiger partial charge < -0.3 is 16.4 Å². The molecule has 0 saturated carbocycles. The average molecular weight is 374 g/mol. The Morgan fingerprint density at radius 2 is 2.00 bits per heavy atom. The van der Waals surface area contributed by atoms with Crippen LogP contribution in [0.1, 0.15) is 24.9 Å². The SMILES string of the molecule is CSCCC(NC(N)=O)C(=O)NC(C)c1ccccc1Br. The first kappa shape index (κ1) is 17.8. The maximum atomic E-state index is 12.3. The molecule has 1 aromatic rings. The maximum absolute atomic E-state index is 12.3. The third-order valence-electron chi connectivity index (χ3n) is 2.97. The van der Waals surface area contributed by atoms with Crippen LogP contribution in [0.3, 0.4) is 0 Å². The number of halogens is 1. The lowest BCUT2D eigenvalue weighted by Gasteiger charge is -2.21. The zero-order valence-electron chi connectivity index (χ0n) is 12.1. The number of carbonyl (C=O) groups excluding carboxylic acids is 2. The van der Waals surface area contributed by atoms with E-state index >= 15 is 0 Å². The van der Waals surface area contributed by atoms with Gasteiger partial charge in [-0.15, -0.1) is 0 Å². The first-order valence-electron chi connectivity index (χ1n) is 6.55. The van der Waals surface area contributed by atoms with E-state index in [9.17, 15) is 9.59 Å². The zero-order chi connectivity index (χ0) is 15.8. The molecule has 0 aliphatic rings. The van der Waals surface area contributed by atoms with E-state index in [1.807, 2.05) is 37.4 Å². The number of nitrogens with two attached hydrogens (primary N) is 1. The van der Waals surface area contributed by atoms with E-state index in [0.29, 0.717) is 6.42 Å². The Labute approximate surface area is 137 Å². The van der Waals surface area contributed by atoms with Crippen molar-refractivity contribution in [1.82, 2.24) is 10.6 Å². The summed E-state index contributed by atoms with van der Waals surface area (Å²) in [6, 6.07) is 6.22. The fraction of sp³-hybridized carbons (Fsp3) is 0.429. The number of benzene rings is 1. The second-order valence-corrected chi connectivity index (χ2v) is 6.43. The molecular weight excluding hydrogens is 354 g/mol. The fourth-order valence-corrected chi connectivity index (χ4v) is 2.99. The summed E-state index contributed by atoms with van der Waals surface area (Å²) >= 11 is 5.07. The van der Waals surface area contributed by atoms with Crippen molar-refractivity contribution in [3.8, 4) is 0 Å².